The highest BCUT2D eigenvalue weighted by Crippen LogP contribution is 2.33. The van der Waals surface area contributed by atoms with E-state index in [1.54, 1.807) is 25.3 Å². The molecular weight excluding hydrogens is 386 g/mol. The molecule has 28 heavy (non-hydrogen) atoms. The molecule has 0 radical (unpaired) electrons. The molecule has 0 saturated carbocycles. The van der Waals surface area contributed by atoms with Crippen molar-refractivity contribution >= 4 is 10.0 Å². The fourth-order valence-electron chi connectivity index (χ4n) is 3.05. The average Bonchev–Trinajstić information content (AvgIpc) is 3.48. The van der Waals surface area contributed by atoms with Crippen LogP contribution in [0.1, 0.15) is 12.8 Å². The largest absolute Gasteiger partial charge is 0.493 e. The maximum Gasteiger partial charge on any atom is 0.293 e. The van der Waals surface area contributed by atoms with Crippen molar-refractivity contribution in [1.29, 1.82) is 0 Å². The van der Waals surface area contributed by atoms with Crippen LogP contribution in [0.2, 0.25) is 0 Å². The molecule has 148 valence electrons. The van der Waals surface area contributed by atoms with Gasteiger partial charge in [0, 0.05) is 18.7 Å². The van der Waals surface area contributed by atoms with Crippen molar-refractivity contribution in [3.8, 4) is 34.5 Å². The van der Waals surface area contributed by atoms with E-state index in [9.17, 15) is 8.42 Å². The number of rotatable bonds is 6. The Hall–Kier alpha value is -2.85. The summed E-state index contributed by atoms with van der Waals surface area (Å²) in [5, 5.41) is 3.81. The summed E-state index contributed by atoms with van der Waals surface area (Å²) in [5.41, 5.74) is 0.657. The van der Waals surface area contributed by atoms with Crippen molar-refractivity contribution < 1.29 is 26.8 Å². The van der Waals surface area contributed by atoms with E-state index < -0.39 is 10.0 Å². The molecule has 4 rings (SSSR count). The van der Waals surface area contributed by atoms with Crippen LogP contribution in [-0.4, -0.2) is 50.2 Å². The fraction of sp³-hybridized carbons (Fsp3) is 0.333. The zero-order valence-corrected chi connectivity index (χ0v) is 16.2. The Morgan fingerprint density at radius 3 is 2.50 bits per heavy atom. The number of furan rings is 1. The SMILES string of the molecule is COc1ccc(-c2noc(-c3ccc(S(=O)(=O)N4CCCC4)o3)n2)cc1OC. The number of benzene rings is 1. The molecule has 9 nitrogen and oxygen atoms in total. The van der Waals surface area contributed by atoms with E-state index in [0.29, 0.717) is 36.0 Å². The molecule has 1 aromatic carbocycles. The molecule has 0 spiro atoms. The first-order valence-corrected chi connectivity index (χ1v) is 10.1. The lowest BCUT2D eigenvalue weighted by atomic mass is 10.2. The van der Waals surface area contributed by atoms with E-state index in [1.165, 1.54) is 23.5 Å². The highest BCUT2D eigenvalue weighted by atomic mass is 32.2. The molecule has 10 heteroatoms. The van der Waals surface area contributed by atoms with Gasteiger partial charge in [0.2, 0.25) is 10.9 Å². The quantitative estimate of drug-likeness (QED) is 0.616. The summed E-state index contributed by atoms with van der Waals surface area (Å²) < 4.78 is 47.8. The van der Waals surface area contributed by atoms with Crippen molar-refractivity contribution in [2.24, 2.45) is 0 Å². The third kappa shape index (κ3) is 3.25. The molecule has 2 aromatic heterocycles. The fourth-order valence-corrected chi connectivity index (χ4v) is 4.47. The number of sulfonamides is 1. The van der Waals surface area contributed by atoms with E-state index in [4.69, 9.17) is 18.4 Å². The van der Waals surface area contributed by atoms with Crippen LogP contribution < -0.4 is 9.47 Å². The molecule has 1 aliphatic heterocycles. The lowest BCUT2D eigenvalue weighted by Crippen LogP contribution is -2.27. The maximum atomic E-state index is 12.6. The van der Waals surface area contributed by atoms with Gasteiger partial charge in [-0.25, -0.2) is 8.42 Å². The summed E-state index contributed by atoms with van der Waals surface area (Å²) in [6.07, 6.45) is 1.70. The summed E-state index contributed by atoms with van der Waals surface area (Å²) >= 11 is 0. The number of hydrogen-bond donors (Lipinski definition) is 0. The van der Waals surface area contributed by atoms with Crippen molar-refractivity contribution in [3.05, 3.63) is 30.3 Å². The van der Waals surface area contributed by atoms with Crippen LogP contribution in [-0.2, 0) is 10.0 Å². The number of ether oxygens (including phenoxy) is 2. The van der Waals surface area contributed by atoms with Crippen LogP contribution in [0.15, 0.2) is 44.4 Å². The molecule has 0 unspecified atom stereocenters. The average molecular weight is 405 g/mol. The van der Waals surface area contributed by atoms with Crippen LogP contribution >= 0.6 is 0 Å². The number of aromatic nitrogens is 2. The molecule has 0 N–H and O–H groups in total. The Kier molecular flexibility index (Phi) is 4.82. The molecule has 0 atom stereocenters. The summed E-state index contributed by atoms with van der Waals surface area (Å²) in [5.74, 6) is 1.71. The topological polar surface area (TPSA) is 108 Å². The third-order valence-corrected chi connectivity index (χ3v) is 6.29. The van der Waals surface area contributed by atoms with Gasteiger partial charge in [0.1, 0.15) is 0 Å². The minimum Gasteiger partial charge on any atom is -0.493 e. The minimum absolute atomic E-state index is 0.0904. The second-order valence-corrected chi connectivity index (χ2v) is 8.09. The molecule has 0 bridgehead atoms. The Morgan fingerprint density at radius 1 is 1.04 bits per heavy atom. The van der Waals surface area contributed by atoms with Crippen LogP contribution in [0, 0.1) is 0 Å². The van der Waals surface area contributed by atoms with E-state index in [1.807, 2.05) is 0 Å². The standard InChI is InChI=1S/C18H19N3O6S/c1-24-13-6-5-12(11-15(13)25-2)17-19-18(27-20-17)14-7-8-16(26-14)28(22,23)21-9-3-4-10-21/h5-8,11H,3-4,9-10H2,1-2H3. The molecule has 1 aliphatic rings. The van der Waals surface area contributed by atoms with Crippen LogP contribution in [0.25, 0.3) is 23.0 Å². The molecule has 3 heterocycles. The Morgan fingerprint density at radius 2 is 1.79 bits per heavy atom. The van der Waals surface area contributed by atoms with Gasteiger partial charge < -0.3 is 18.4 Å². The van der Waals surface area contributed by atoms with Crippen LogP contribution in [0.3, 0.4) is 0 Å². The number of methoxy groups -OCH3 is 2. The van der Waals surface area contributed by atoms with Gasteiger partial charge in [0.15, 0.2) is 17.3 Å². The van der Waals surface area contributed by atoms with Gasteiger partial charge in [-0.2, -0.15) is 9.29 Å². The molecule has 1 saturated heterocycles. The molecule has 3 aromatic rings. The molecular formula is C18H19N3O6S. The monoisotopic (exact) mass is 405 g/mol. The second kappa shape index (κ2) is 7.28. The van der Waals surface area contributed by atoms with Crippen molar-refractivity contribution in [2.75, 3.05) is 27.3 Å². The predicted molar refractivity (Wildman–Crippen MR) is 98.5 cm³/mol. The minimum atomic E-state index is -3.64. The van der Waals surface area contributed by atoms with Crippen molar-refractivity contribution in [2.45, 2.75) is 17.9 Å². The first kappa shape index (κ1) is 18.5. The smallest absolute Gasteiger partial charge is 0.293 e. The van der Waals surface area contributed by atoms with Gasteiger partial charge in [0.25, 0.3) is 15.9 Å². The third-order valence-electron chi connectivity index (χ3n) is 4.52. The van der Waals surface area contributed by atoms with Gasteiger partial charge in [-0.1, -0.05) is 5.16 Å². The van der Waals surface area contributed by atoms with Crippen LogP contribution in [0.5, 0.6) is 11.5 Å². The highest BCUT2D eigenvalue weighted by Gasteiger charge is 2.30. The highest BCUT2D eigenvalue weighted by molar-refractivity contribution is 7.89. The van der Waals surface area contributed by atoms with Gasteiger partial charge in [-0.15, -0.1) is 0 Å². The Labute approximate surface area is 161 Å². The van der Waals surface area contributed by atoms with Gasteiger partial charge >= 0.3 is 0 Å². The van der Waals surface area contributed by atoms with Crippen LogP contribution in [0.4, 0.5) is 0 Å². The van der Waals surface area contributed by atoms with E-state index in [-0.39, 0.29) is 16.7 Å². The van der Waals surface area contributed by atoms with Crippen molar-refractivity contribution in [3.63, 3.8) is 0 Å². The predicted octanol–water partition coefficient (Wildman–Crippen LogP) is 2.80. The Bertz CT molecular complexity index is 1080. The lowest BCUT2D eigenvalue weighted by Gasteiger charge is -2.12. The normalized spacial score (nSPS) is 15.1. The summed E-state index contributed by atoms with van der Waals surface area (Å²) in [6.45, 7) is 1.00. The number of nitrogens with zero attached hydrogens (tertiary/aromatic N) is 3. The first-order valence-electron chi connectivity index (χ1n) is 8.69. The first-order chi connectivity index (χ1) is 13.5. The van der Waals surface area contributed by atoms with Gasteiger partial charge in [0.05, 0.1) is 14.2 Å². The zero-order valence-electron chi connectivity index (χ0n) is 15.4. The second-order valence-electron chi connectivity index (χ2n) is 6.22. The van der Waals surface area contributed by atoms with Gasteiger partial charge in [-0.05, 0) is 43.2 Å². The molecule has 0 aliphatic carbocycles. The lowest BCUT2D eigenvalue weighted by molar-refractivity contribution is 0.355. The summed E-state index contributed by atoms with van der Waals surface area (Å²) in [6, 6.07) is 8.14. The molecule has 0 amide bonds. The maximum absolute atomic E-state index is 12.6. The Balaban J connectivity index is 1.61. The van der Waals surface area contributed by atoms with E-state index in [2.05, 4.69) is 10.1 Å². The van der Waals surface area contributed by atoms with E-state index in [0.717, 1.165) is 12.8 Å². The summed E-state index contributed by atoms with van der Waals surface area (Å²) in [7, 11) is -0.555. The van der Waals surface area contributed by atoms with E-state index >= 15 is 0 Å². The van der Waals surface area contributed by atoms with Gasteiger partial charge in [-0.3, -0.25) is 0 Å². The molecule has 1 fully saturated rings. The number of hydrogen-bond acceptors (Lipinski definition) is 8. The van der Waals surface area contributed by atoms with Crippen molar-refractivity contribution in [1.82, 2.24) is 14.4 Å². The summed E-state index contributed by atoms with van der Waals surface area (Å²) in [4.78, 5) is 4.30. The zero-order chi connectivity index (χ0) is 19.7.